The number of nitrogens with two attached hydrogens (primary N) is 1. The maximum absolute atomic E-state index is 6.02. The van der Waals surface area contributed by atoms with Crippen LogP contribution in [0.15, 0.2) is 0 Å². The maximum atomic E-state index is 6.02. The molecule has 0 amide bonds. The van der Waals surface area contributed by atoms with Gasteiger partial charge in [-0.25, -0.2) is 0 Å². The first-order valence-electron chi connectivity index (χ1n) is 12.8. The third kappa shape index (κ3) is 26.0. The average molecular weight is 382 g/mol. The molecule has 0 aromatic heterocycles. The van der Waals surface area contributed by atoms with Crippen molar-refractivity contribution in [3.8, 4) is 0 Å². The van der Waals surface area contributed by atoms with Crippen LogP contribution in [0.2, 0.25) is 0 Å². The first-order chi connectivity index (χ1) is 13.1. The van der Waals surface area contributed by atoms with Crippen LogP contribution < -0.4 is 5.73 Å². The summed E-state index contributed by atoms with van der Waals surface area (Å²) in [5, 5.41) is 0. The molecule has 0 spiro atoms. The SMILES string of the molecule is CCCCCCCCCCCCCCCCCCCCCCCC(C)(C)N. The molecule has 0 aliphatic heterocycles. The van der Waals surface area contributed by atoms with E-state index in [4.69, 9.17) is 5.73 Å². The molecule has 27 heavy (non-hydrogen) atoms. The highest BCUT2D eigenvalue weighted by atomic mass is 14.7. The fraction of sp³-hybridized carbons (Fsp3) is 1.00. The van der Waals surface area contributed by atoms with E-state index in [-0.39, 0.29) is 5.54 Å². The topological polar surface area (TPSA) is 26.0 Å². The van der Waals surface area contributed by atoms with Crippen LogP contribution in [0.25, 0.3) is 0 Å². The highest BCUT2D eigenvalue weighted by Crippen LogP contribution is 2.16. The van der Waals surface area contributed by atoms with Gasteiger partial charge in [0.25, 0.3) is 0 Å². The van der Waals surface area contributed by atoms with Gasteiger partial charge in [-0.3, -0.25) is 0 Å². The Morgan fingerprint density at radius 3 is 0.852 bits per heavy atom. The van der Waals surface area contributed by atoms with E-state index >= 15 is 0 Å². The van der Waals surface area contributed by atoms with Gasteiger partial charge in [-0.1, -0.05) is 142 Å². The van der Waals surface area contributed by atoms with Gasteiger partial charge in [0.1, 0.15) is 0 Å². The maximum Gasteiger partial charge on any atom is 0.00970 e. The van der Waals surface area contributed by atoms with E-state index in [0.717, 1.165) is 0 Å². The van der Waals surface area contributed by atoms with E-state index in [1.54, 1.807) is 0 Å². The zero-order valence-corrected chi connectivity index (χ0v) is 19.6. The molecule has 0 aliphatic rings. The van der Waals surface area contributed by atoms with Gasteiger partial charge in [-0.2, -0.15) is 0 Å². The Bertz CT molecular complexity index is 266. The Morgan fingerprint density at radius 1 is 0.407 bits per heavy atom. The van der Waals surface area contributed by atoms with E-state index in [1.807, 2.05) is 0 Å². The minimum atomic E-state index is 0.0356. The average Bonchev–Trinajstić information content (AvgIpc) is 2.62. The Labute approximate surface area is 173 Å². The summed E-state index contributed by atoms with van der Waals surface area (Å²) >= 11 is 0. The first kappa shape index (κ1) is 27.0. The minimum absolute atomic E-state index is 0.0356. The van der Waals surface area contributed by atoms with E-state index in [9.17, 15) is 0 Å². The van der Waals surface area contributed by atoms with Crippen molar-refractivity contribution in [2.45, 2.75) is 168 Å². The van der Waals surface area contributed by atoms with Crippen molar-refractivity contribution in [3.63, 3.8) is 0 Å². The Hall–Kier alpha value is -0.0400. The molecule has 0 heterocycles. The lowest BCUT2D eigenvalue weighted by atomic mass is 9.97. The number of unbranched alkanes of at least 4 members (excludes halogenated alkanes) is 20. The summed E-state index contributed by atoms with van der Waals surface area (Å²) in [5.41, 5.74) is 6.06. The number of hydrogen-bond acceptors (Lipinski definition) is 1. The summed E-state index contributed by atoms with van der Waals surface area (Å²) in [4.78, 5) is 0. The fourth-order valence-corrected chi connectivity index (χ4v) is 4.01. The van der Waals surface area contributed by atoms with Crippen LogP contribution in [0.5, 0.6) is 0 Å². The Kier molecular flexibility index (Phi) is 20.7. The molecule has 0 saturated heterocycles. The molecular formula is C26H55N. The molecule has 164 valence electrons. The normalized spacial score (nSPS) is 12.0. The quantitative estimate of drug-likeness (QED) is 0.186. The Balaban J connectivity index is 3.01. The van der Waals surface area contributed by atoms with E-state index in [2.05, 4.69) is 20.8 Å². The summed E-state index contributed by atoms with van der Waals surface area (Å²) in [6.07, 6.45) is 31.6. The predicted octanol–water partition coefficient (Wildman–Crippen LogP) is 9.33. The van der Waals surface area contributed by atoms with E-state index in [1.165, 1.54) is 141 Å². The van der Waals surface area contributed by atoms with Gasteiger partial charge in [0.05, 0.1) is 0 Å². The van der Waals surface area contributed by atoms with Crippen LogP contribution in [0, 0.1) is 0 Å². The monoisotopic (exact) mass is 381 g/mol. The predicted molar refractivity (Wildman–Crippen MR) is 126 cm³/mol. The molecule has 1 heteroatoms. The van der Waals surface area contributed by atoms with Crippen molar-refractivity contribution in [1.29, 1.82) is 0 Å². The molecule has 0 aromatic carbocycles. The summed E-state index contributed by atoms with van der Waals surface area (Å²) in [6.45, 7) is 6.58. The van der Waals surface area contributed by atoms with Gasteiger partial charge >= 0.3 is 0 Å². The van der Waals surface area contributed by atoms with Gasteiger partial charge in [-0.15, -0.1) is 0 Å². The molecule has 0 aromatic rings. The lowest BCUT2D eigenvalue weighted by Crippen LogP contribution is -2.31. The molecule has 0 bridgehead atoms. The molecule has 0 unspecified atom stereocenters. The third-order valence-electron chi connectivity index (χ3n) is 5.92. The van der Waals surface area contributed by atoms with Crippen molar-refractivity contribution in [2.75, 3.05) is 0 Å². The molecule has 0 radical (unpaired) electrons. The molecule has 0 saturated carbocycles. The third-order valence-corrected chi connectivity index (χ3v) is 5.92. The molecule has 0 fully saturated rings. The van der Waals surface area contributed by atoms with Crippen molar-refractivity contribution < 1.29 is 0 Å². The molecule has 0 rings (SSSR count). The lowest BCUT2D eigenvalue weighted by molar-refractivity contribution is 0.440. The van der Waals surface area contributed by atoms with E-state index in [0.29, 0.717) is 0 Å². The van der Waals surface area contributed by atoms with Crippen molar-refractivity contribution >= 4 is 0 Å². The second-order valence-corrected chi connectivity index (χ2v) is 9.81. The number of hydrogen-bond donors (Lipinski definition) is 1. The zero-order chi connectivity index (χ0) is 20.1. The molecule has 0 atom stereocenters. The summed E-state index contributed by atoms with van der Waals surface area (Å²) in [5.74, 6) is 0. The zero-order valence-electron chi connectivity index (χ0n) is 19.6. The van der Waals surface area contributed by atoms with Crippen LogP contribution in [0.4, 0.5) is 0 Å². The highest BCUT2D eigenvalue weighted by Gasteiger charge is 2.08. The number of rotatable bonds is 22. The standard InChI is InChI=1S/C26H55N/c1-4-5-6-7-8-9-10-11-12-13-14-15-16-17-18-19-20-21-22-23-24-25-26(2,3)27/h4-25,27H2,1-3H3. The van der Waals surface area contributed by atoms with Crippen LogP contribution in [-0.2, 0) is 0 Å². The van der Waals surface area contributed by atoms with Crippen LogP contribution in [0.1, 0.15) is 162 Å². The molecule has 1 nitrogen and oxygen atoms in total. The van der Waals surface area contributed by atoms with Crippen LogP contribution in [0.3, 0.4) is 0 Å². The summed E-state index contributed by atoms with van der Waals surface area (Å²) in [6, 6.07) is 0. The van der Waals surface area contributed by atoms with Crippen LogP contribution >= 0.6 is 0 Å². The molecular weight excluding hydrogens is 326 g/mol. The van der Waals surface area contributed by atoms with Gasteiger partial charge in [0.2, 0.25) is 0 Å². The van der Waals surface area contributed by atoms with E-state index < -0.39 is 0 Å². The van der Waals surface area contributed by atoms with Gasteiger partial charge in [-0.05, 0) is 20.3 Å². The molecule has 2 N–H and O–H groups in total. The lowest BCUT2D eigenvalue weighted by Gasteiger charge is -2.17. The first-order valence-corrected chi connectivity index (χ1v) is 12.8. The second-order valence-electron chi connectivity index (χ2n) is 9.81. The summed E-state index contributed by atoms with van der Waals surface area (Å²) < 4.78 is 0. The van der Waals surface area contributed by atoms with Gasteiger partial charge in [0, 0.05) is 5.54 Å². The fourth-order valence-electron chi connectivity index (χ4n) is 4.01. The van der Waals surface area contributed by atoms with Crippen LogP contribution in [-0.4, -0.2) is 5.54 Å². The minimum Gasteiger partial charge on any atom is -0.326 e. The van der Waals surface area contributed by atoms with Crippen molar-refractivity contribution in [1.82, 2.24) is 0 Å². The Morgan fingerprint density at radius 2 is 0.630 bits per heavy atom. The van der Waals surface area contributed by atoms with Crippen molar-refractivity contribution in [2.24, 2.45) is 5.73 Å². The summed E-state index contributed by atoms with van der Waals surface area (Å²) in [7, 11) is 0. The second kappa shape index (κ2) is 20.7. The largest absolute Gasteiger partial charge is 0.326 e. The smallest absolute Gasteiger partial charge is 0.00970 e. The highest BCUT2D eigenvalue weighted by molar-refractivity contribution is 4.70. The van der Waals surface area contributed by atoms with Gasteiger partial charge in [0.15, 0.2) is 0 Å². The van der Waals surface area contributed by atoms with Crippen molar-refractivity contribution in [3.05, 3.63) is 0 Å². The molecule has 0 aliphatic carbocycles. The van der Waals surface area contributed by atoms with Gasteiger partial charge < -0.3 is 5.73 Å².